The maximum Gasteiger partial charge on any atom is 0.258 e. The van der Waals surface area contributed by atoms with Crippen LogP contribution in [-0.4, -0.2) is 21.8 Å². The van der Waals surface area contributed by atoms with Gasteiger partial charge >= 0.3 is 0 Å². The maximum atomic E-state index is 13.4. The Balaban J connectivity index is 1.42. The van der Waals surface area contributed by atoms with Crippen LogP contribution in [0, 0.1) is 0 Å². The van der Waals surface area contributed by atoms with Crippen LogP contribution in [0.15, 0.2) is 87.4 Å². The maximum absolute atomic E-state index is 13.4. The number of nitrogens with zero attached hydrogens (tertiary/aromatic N) is 1. The van der Waals surface area contributed by atoms with E-state index in [-0.39, 0.29) is 23.8 Å². The highest BCUT2D eigenvalue weighted by Crippen LogP contribution is 2.35. The van der Waals surface area contributed by atoms with E-state index in [1.807, 2.05) is 42.5 Å². The molecule has 1 aliphatic heterocycles. The molecule has 186 valence electrons. The van der Waals surface area contributed by atoms with Crippen LogP contribution in [0.5, 0.6) is 0 Å². The van der Waals surface area contributed by atoms with Crippen LogP contribution < -0.4 is 21.5 Å². The first-order valence-corrected chi connectivity index (χ1v) is 12.7. The third-order valence-electron chi connectivity index (χ3n) is 5.57. The Kier molecular flexibility index (Phi) is 7.18. The summed E-state index contributed by atoms with van der Waals surface area (Å²) in [7, 11) is 0. The van der Waals surface area contributed by atoms with Crippen molar-refractivity contribution in [2.24, 2.45) is 0 Å². The summed E-state index contributed by atoms with van der Waals surface area (Å²) >= 11 is 13.6. The number of carbonyl (C=O) groups is 2. The minimum atomic E-state index is -1.03. The Morgan fingerprint density at radius 2 is 1.73 bits per heavy atom. The van der Waals surface area contributed by atoms with Crippen molar-refractivity contribution in [3.05, 3.63) is 98.8 Å². The van der Waals surface area contributed by atoms with Gasteiger partial charge in [0.05, 0.1) is 27.9 Å². The molecule has 8 nitrogen and oxygen atoms in total. The Labute approximate surface area is 225 Å². The predicted octanol–water partition coefficient (Wildman–Crippen LogP) is 6.04. The molecule has 37 heavy (non-hydrogen) atoms. The third kappa shape index (κ3) is 5.64. The monoisotopic (exact) mass is 551 g/mol. The van der Waals surface area contributed by atoms with Crippen LogP contribution >= 0.6 is 35.0 Å². The fraction of sp³-hybridized carbons (Fsp3) is 0.0769. The zero-order valence-electron chi connectivity index (χ0n) is 19.0. The number of benzene rings is 3. The van der Waals surface area contributed by atoms with Gasteiger partial charge in [0.15, 0.2) is 0 Å². The molecule has 11 heteroatoms. The van der Waals surface area contributed by atoms with Gasteiger partial charge in [-0.3, -0.25) is 19.4 Å². The number of amides is 2. The van der Waals surface area contributed by atoms with E-state index in [0.717, 1.165) is 9.79 Å². The number of aromatic nitrogens is 2. The van der Waals surface area contributed by atoms with Crippen molar-refractivity contribution in [2.75, 3.05) is 16.0 Å². The van der Waals surface area contributed by atoms with Crippen molar-refractivity contribution in [1.82, 2.24) is 9.97 Å². The molecule has 1 aliphatic rings. The van der Waals surface area contributed by atoms with E-state index in [2.05, 4.69) is 25.9 Å². The van der Waals surface area contributed by atoms with Gasteiger partial charge in [-0.2, -0.15) is 4.98 Å². The highest BCUT2D eigenvalue weighted by atomic mass is 35.5. The van der Waals surface area contributed by atoms with Gasteiger partial charge in [-0.05, 0) is 42.5 Å². The molecule has 0 bridgehead atoms. The van der Waals surface area contributed by atoms with Gasteiger partial charge < -0.3 is 16.0 Å². The van der Waals surface area contributed by atoms with Crippen molar-refractivity contribution in [1.29, 1.82) is 0 Å². The second-order valence-electron chi connectivity index (χ2n) is 8.13. The van der Waals surface area contributed by atoms with Gasteiger partial charge in [0.2, 0.25) is 17.8 Å². The lowest BCUT2D eigenvalue weighted by atomic mass is 9.92. The molecular formula is C26H19Cl2N5O3S. The number of hydrogen-bond acceptors (Lipinski definition) is 6. The SMILES string of the molecule is O=C1CC(C(=O)Nc2ccccc2Sc2ccccc2)c2c(nc(Nc3ccc(Cl)cc3Cl)[nH]c2=O)N1. The normalized spacial score (nSPS) is 14.4. The summed E-state index contributed by atoms with van der Waals surface area (Å²) in [6.07, 6.45) is -0.187. The molecule has 1 unspecified atom stereocenters. The largest absolute Gasteiger partial charge is 0.325 e. The fourth-order valence-electron chi connectivity index (χ4n) is 3.87. The molecule has 0 radical (unpaired) electrons. The number of anilines is 4. The average molecular weight is 552 g/mol. The Morgan fingerprint density at radius 3 is 2.51 bits per heavy atom. The van der Waals surface area contributed by atoms with Crippen LogP contribution in [0.25, 0.3) is 0 Å². The van der Waals surface area contributed by atoms with E-state index in [9.17, 15) is 14.4 Å². The van der Waals surface area contributed by atoms with Gasteiger partial charge in [0, 0.05) is 21.2 Å². The third-order valence-corrected chi connectivity index (χ3v) is 7.20. The molecule has 0 saturated carbocycles. The molecule has 0 aliphatic carbocycles. The molecule has 4 aromatic rings. The van der Waals surface area contributed by atoms with Crippen molar-refractivity contribution >= 4 is 69.9 Å². The lowest BCUT2D eigenvalue weighted by Gasteiger charge is -2.24. The molecule has 1 aromatic heterocycles. The number of halogens is 2. The van der Waals surface area contributed by atoms with Gasteiger partial charge in [-0.15, -0.1) is 0 Å². The van der Waals surface area contributed by atoms with E-state index in [4.69, 9.17) is 23.2 Å². The predicted molar refractivity (Wildman–Crippen MR) is 146 cm³/mol. The summed E-state index contributed by atoms with van der Waals surface area (Å²) < 4.78 is 0. The van der Waals surface area contributed by atoms with E-state index >= 15 is 0 Å². The lowest BCUT2D eigenvalue weighted by molar-refractivity contribution is -0.123. The van der Waals surface area contributed by atoms with Crippen molar-refractivity contribution in [3.63, 3.8) is 0 Å². The molecule has 4 N–H and O–H groups in total. The summed E-state index contributed by atoms with van der Waals surface area (Å²) in [4.78, 5) is 47.7. The van der Waals surface area contributed by atoms with Crippen LogP contribution in [0.2, 0.25) is 10.0 Å². The lowest BCUT2D eigenvalue weighted by Crippen LogP contribution is -2.36. The van der Waals surface area contributed by atoms with Crippen LogP contribution in [0.1, 0.15) is 17.9 Å². The first-order chi connectivity index (χ1) is 17.9. The number of hydrogen-bond donors (Lipinski definition) is 4. The quantitative estimate of drug-likeness (QED) is 0.232. The minimum absolute atomic E-state index is 0.0136. The first-order valence-electron chi connectivity index (χ1n) is 11.2. The van der Waals surface area contributed by atoms with E-state index in [0.29, 0.717) is 21.4 Å². The van der Waals surface area contributed by atoms with Crippen molar-refractivity contribution in [3.8, 4) is 0 Å². The molecule has 2 amide bonds. The topological polar surface area (TPSA) is 116 Å². The standard InChI is InChI=1S/C26H19Cl2N5O3S/c27-14-10-11-18(17(28)12-14)30-26-32-23-22(25(36)33-26)16(13-21(34)31-23)24(35)29-19-8-4-5-9-20(19)37-15-6-2-1-3-7-15/h1-12,16H,13H2,(H,29,35)(H3,30,31,32,33,34,36). The van der Waals surface area contributed by atoms with Gasteiger partial charge in [0.25, 0.3) is 5.56 Å². The molecule has 3 aromatic carbocycles. The summed E-state index contributed by atoms with van der Waals surface area (Å²) in [6.45, 7) is 0. The second-order valence-corrected chi connectivity index (χ2v) is 10.1. The number of fused-ring (bicyclic) bond motifs is 1. The van der Waals surface area contributed by atoms with E-state index < -0.39 is 23.3 Å². The molecule has 5 rings (SSSR count). The highest BCUT2D eigenvalue weighted by Gasteiger charge is 2.35. The fourth-order valence-corrected chi connectivity index (χ4v) is 5.25. The molecule has 0 fully saturated rings. The molecule has 0 spiro atoms. The van der Waals surface area contributed by atoms with E-state index in [1.165, 1.54) is 17.8 Å². The van der Waals surface area contributed by atoms with Crippen molar-refractivity contribution < 1.29 is 9.59 Å². The zero-order chi connectivity index (χ0) is 25.9. The molecular weight excluding hydrogens is 533 g/mol. The van der Waals surface area contributed by atoms with Crippen LogP contribution in [0.4, 0.5) is 23.1 Å². The Bertz CT molecular complexity index is 1560. The van der Waals surface area contributed by atoms with Crippen LogP contribution in [0.3, 0.4) is 0 Å². The zero-order valence-corrected chi connectivity index (χ0v) is 21.4. The molecule has 2 heterocycles. The van der Waals surface area contributed by atoms with Gasteiger partial charge in [0.1, 0.15) is 5.82 Å². The Morgan fingerprint density at radius 1 is 0.973 bits per heavy atom. The average Bonchev–Trinajstić information content (AvgIpc) is 2.87. The van der Waals surface area contributed by atoms with Crippen LogP contribution in [-0.2, 0) is 9.59 Å². The van der Waals surface area contributed by atoms with Gasteiger partial charge in [-0.25, -0.2) is 0 Å². The van der Waals surface area contributed by atoms with Gasteiger partial charge in [-0.1, -0.05) is 65.3 Å². The second kappa shape index (κ2) is 10.7. The van der Waals surface area contributed by atoms with E-state index in [1.54, 1.807) is 24.3 Å². The number of nitrogens with one attached hydrogen (secondary N) is 4. The molecule has 0 saturated heterocycles. The number of para-hydroxylation sites is 1. The summed E-state index contributed by atoms with van der Waals surface area (Å²) in [5.41, 5.74) is 0.565. The number of aromatic amines is 1. The highest BCUT2D eigenvalue weighted by molar-refractivity contribution is 7.99. The smallest absolute Gasteiger partial charge is 0.258 e. The first kappa shape index (κ1) is 24.9. The summed E-state index contributed by atoms with van der Waals surface area (Å²) in [6, 6.07) is 21.9. The number of rotatable bonds is 6. The molecule has 1 atom stereocenters. The van der Waals surface area contributed by atoms with Crippen molar-refractivity contribution in [2.45, 2.75) is 22.1 Å². The number of H-pyrrole nitrogens is 1. The number of carbonyl (C=O) groups excluding carboxylic acids is 2. The Hall–Kier alpha value is -3.79. The summed E-state index contributed by atoms with van der Waals surface area (Å²) in [5.74, 6) is -1.86. The minimum Gasteiger partial charge on any atom is -0.325 e. The summed E-state index contributed by atoms with van der Waals surface area (Å²) in [5, 5.41) is 9.17.